The molecule has 0 spiro atoms. The Morgan fingerprint density at radius 2 is 1.09 bits per heavy atom. The molecule has 0 saturated carbocycles. The third-order valence-electron chi connectivity index (χ3n) is 13.2. The Morgan fingerprint density at radius 3 is 1.54 bits per heavy atom. The average Bonchev–Trinajstić information content (AvgIpc) is 4.25. The van der Waals surface area contributed by atoms with Crippen LogP contribution in [0.1, 0.15) is 59.3 Å². The van der Waals surface area contributed by atoms with Crippen LogP contribution in [0.15, 0.2) is 107 Å². The zero-order valence-corrected chi connectivity index (χ0v) is 47.0. The Bertz CT molecular complexity index is 3670. The molecule has 414 valence electrons. The number of aliphatic hydroxyl groups is 2. The predicted octanol–water partition coefficient (Wildman–Crippen LogP) is 5.98. The smallest absolute Gasteiger partial charge is 0.250 e. The minimum atomic E-state index is -1.36. The molecule has 2 saturated heterocycles. The van der Waals surface area contributed by atoms with Crippen molar-refractivity contribution in [3.8, 4) is 22.3 Å². The van der Waals surface area contributed by atoms with Gasteiger partial charge in [-0.1, -0.05) is 24.3 Å². The minimum Gasteiger partial charge on any atom is -0.388 e. The molecule has 22 nitrogen and oxygen atoms in total. The second-order valence-corrected chi connectivity index (χ2v) is 20.1. The van der Waals surface area contributed by atoms with Crippen LogP contribution in [0.3, 0.4) is 0 Å². The third-order valence-corrected chi connectivity index (χ3v) is 14.1. The first kappa shape index (κ1) is 58.3. The van der Waals surface area contributed by atoms with Gasteiger partial charge in [0, 0.05) is 80.4 Å². The fourth-order valence-electron chi connectivity index (χ4n) is 9.30. The van der Waals surface area contributed by atoms with Gasteiger partial charge in [0.2, 0.25) is 17.7 Å². The van der Waals surface area contributed by atoms with Gasteiger partial charge in [-0.25, -0.2) is 38.7 Å². The van der Waals surface area contributed by atoms with E-state index in [9.17, 15) is 47.8 Å². The molecule has 27 heteroatoms. The number of Topliss-reactive ketones (excluding diaryl/α,β-unsaturated/α-hetero) is 2. The molecule has 0 unspecified atom stereocenters. The first-order valence-electron chi connectivity index (χ1n) is 24.5. The lowest BCUT2D eigenvalue weighted by molar-refractivity contribution is -0.138. The monoisotopic (exact) mass is 1240 g/mol. The second-order valence-electron chi connectivity index (χ2n) is 18.5. The molecule has 2 aromatic carbocycles. The highest BCUT2D eigenvalue weighted by Crippen LogP contribution is 2.31. The van der Waals surface area contributed by atoms with E-state index < -0.39 is 48.1 Å². The Hall–Kier alpha value is -7.85. The number of alkyl halides is 2. The van der Waals surface area contributed by atoms with Crippen LogP contribution >= 0.6 is 45.4 Å². The quantitative estimate of drug-likeness (QED) is 0.0834. The van der Waals surface area contributed by atoms with Crippen molar-refractivity contribution in [3.05, 3.63) is 130 Å². The van der Waals surface area contributed by atoms with Crippen molar-refractivity contribution in [2.75, 3.05) is 30.4 Å². The van der Waals surface area contributed by atoms with E-state index in [2.05, 4.69) is 77.3 Å². The average molecular weight is 1240 g/mol. The van der Waals surface area contributed by atoms with Crippen LogP contribution in [-0.4, -0.2) is 149 Å². The van der Waals surface area contributed by atoms with Gasteiger partial charge in [-0.15, -0.1) is 0 Å². The zero-order chi connectivity index (χ0) is 56.2. The van der Waals surface area contributed by atoms with Crippen LogP contribution in [0.4, 0.5) is 20.4 Å². The molecule has 4 atom stereocenters. The topological polar surface area (TPSA) is 278 Å². The van der Waals surface area contributed by atoms with Crippen molar-refractivity contribution in [2.24, 2.45) is 0 Å². The highest BCUT2D eigenvalue weighted by atomic mass is 79.9. The number of nitrogens with zero attached hydrogens (tertiary/aromatic N) is 13. The molecule has 2 fully saturated rings. The van der Waals surface area contributed by atoms with Gasteiger partial charge in [0.25, 0.3) is 5.91 Å². The summed E-state index contributed by atoms with van der Waals surface area (Å²) in [7, 11) is 1.53. The minimum absolute atomic E-state index is 0. The second kappa shape index (κ2) is 25.1. The van der Waals surface area contributed by atoms with E-state index in [1.54, 1.807) is 97.6 Å². The molecule has 3 N–H and O–H groups in total. The van der Waals surface area contributed by atoms with Crippen LogP contribution in [0, 0.1) is 0 Å². The number of hydrogen-bond acceptors (Lipinski definition) is 16. The number of anilines is 2. The molecule has 2 aliphatic heterocycles. The molecule has 0 radical (unpaired) electrons. The first-order chi connectivity index (χ1) is 37.9. The van der Waals surface area contributed by atoms with E-state index in [1.165, 1.54) is 45.0 Å². The summed E-state index contributed by atoms with van der Waals surface area (Å²) in [6.45, 7) is 1.18. The van der Waals surface area contributed by atoms with Crippen molar-refractivity contribution in [1.82, 2.24) is 59.3 Å². The van der Waals surface area contributed by atoms with Gasteiger partial charge in [0.05, 0.1) is 24.1 Å². The molecule has 0 bridgehead atoms. The van der Waals surface area contributed by atoms with Gasteiger partial charge in [-0.2, -0.15) is 23.7 Å². The Kier molecular flexibility index (Phi) is 18.3. The largest absolute Gasteiger partial charge is 0.388 e. The number of rotatable bonds is 14. The number of hydrogen-bond donors (Lipinski definition) is 3. The summed E-state index contributed by atoms with van der Waals surface area (Å²) >= 11 is 6.51. The number of pyridine rings is 2. The number of benzene rings is 2. The highest BCUT2D eigenvalue weighted by Gasteiger charge is 2.42. The van der Waals surface area contributed by atoms with Crippen LogP contribution in [0.5, 0.6) is 0 Å². The third kappa shape index (κ3) is 12.8. The van der Waals surface area contributed by atoms with E-state index in [0.29, 0.717) is 48.0 Å². The normalized spacial score (nSPS) is 16.7. The molecular weight excluding hydrogens is 1190 g/mol. The Balaban J connectivity index is 0.000000208. The fraction of sp³-hybridized carbons (Fsp3) is 0.283. The number of aliphatic hydroxyl groups excluding tert-OH is 2. The fourth-order valence-corrected chi connectivity index (χ4v) is 9.98. The highest BCUT2D eigenvalue weighted by molar-refractivity contribution is 9.10. The maximum absolute atomic E-state index is 14.6. The summed E-state index contributed by atoms with van der Waals surface area (Å²) in [4.78, 5) is 106. The van der Waals surface area contributed by atoms with Crippen molar-refractivity contribution in [2.45, 2.75) is 77.4 Å². The molecule has 4 amide bonds. The van der Waals surface area contributed by atoms with Crippen molar-refractivity contribution in [3.63, 3.8) is 0 Å². The number of aromatic nitrogens is 10. The number of fused-ring (bicyclic) bond motifs is 2. The number of likely N-dealkylation sites (N-methyl/N-ethyl adjacent to an activating group) is 1. The molecule has 8 aromatic rings. The number of amides is 4. The van der Waals surface area contributed by atoms with Crippen LogP contribution in [-0.2, 0) is 45.5 Å². The maximum atomic E-state index is 14.6. The maximum Gasteiger partial charge on any atom is 0.250 e. The standard InChI is InChI=1S/C27H25BrFN7O4.C26H23BrFN7O4.H2S/c1-15(38)26-19-8-16(17-10-30-23(14-37)31-11-17)6-7-20(19)36(33-26)13-25(39)35-12-18(29)9-21(35)27(40)34(2)24-5-3-4-22(28)32-24;1-14(37)25-18-7-15(16-9-29-23(13-36)30-10-16)5-6-19(18)35(33-25)12-24(38)34-11-17(28)8-20(34)26(39)32-22-4-2-3-21(27)31-22;/h3-8,10-11,18,21,37H,9,12-14H2,1-2H3;2-7,9-10,17,20,36H,8,11-13H2,1H3,(H,31,32,39);1H2/t18-,21+;17-,20+;/m11./s1. The predicted molar refractivity (Wildman–Crippen MR) is 300 cm³/mol. The van der Waals surface area contributed by atoms with Gasteiger partial charge < -0.3 is 25.3 Å². The van der Waals surface area contributed by atoms with Crippen LogP contribution in [0.25, 0.3) is 44.1 Å². The number of halogens is 4. The summed E-state index contributed by atoms with van der Waals surface area (Å²) in [5.41, 5.74) is 4.20. The zero-order valence-electron chi connectivity index (χ0n) is 42.9. The lowest BCUT2D eigenvalue weighted by atomic mass is 10.0. The number of likely N-dealkylation sites (tertiary alicyclic amines) is 2. The molecule has 6 aromatic heterocycles. The number of ketones is 2. The Labute approximate surface area is 478 Å². The van der Waals surface area contributed by atoms with Gasteiger partial charge >= 0.3 is 0 Å². The molecular formula is C53H50Br2F2N14O8S. The van der Waals surface area contributed by atoms with E-state index in [4.69, 9.17) is 0 Å². The van der Waals surface area contributed by atoms with Crippen molar-refractivity contribution < 1.29 is 47.8 Å². The first-order valence-corrected chi connectivity index (χ1v) is 26.1. The van der Waals surface area contributed by atoms with E-state index in [-0.39, 0.29) is 106 Å². The lowest BCUT2D eigenvalue weighted by Crippen LogP contribution is -2.47. The van der Waals surface area contributed by atoms with Gasteiger partial charge in [-0.05, 0) is 91.5 Å². The summed E-state index contributed by atoms with van der Waals surface area (Å²) in [5.74, 6) is -1.36. The van der Waals surface area contributed by atoms with Crippen LogP contribution < -0.4 is 10.2 Å². The van der Waals surface area contributed by atoms with Crippen LogP contribution in [0.2, 0.25) is 0 Å². The molecule has 0 aliphatic carbocycles. The summed E-state index contributed by atoms with van der Waals surface area (Å²) in [5, 5.41) is 30.8. The SMILES string of the molecule is CC(=O)c1nn(CC(=O)N2C[C@H](F)C[C@H]2C(=O)N(C)c2cccc(Br)n2)c2ccc(-c3cnc(CO)nc3)cc12.CC(=O)c1nn(CC(=O)N2C[C@H](F)C[C@H]2C(=O)Nc2cccc(Br)n2)c2ccc(-c3cnc(CO)nc3)cc12.S. The summed E-state index contributed by atoms with van der Waals surface area (Å²) in [6, 6.07) is 18.6. The molecule has 10 rings (SSSR count). The number of carbonyl (C=O) groups excluding carboxylic acids is 6. The number of nitrogens with one attached hydrogen (secondary N) is 1. The van der Waals surface area contributed by atoms with Crippen molar-refractivity contribution >= 4 is 114 Å². The summed E-state index contributed by atoms with van der Waals surface area (Å²) in [6.07, 6.45) is 3.30. The van der Waals surface area contributed by atoms with Gasteiger partial charge in [0.15, 0.2) is 23.2 Å². The van der Waals surface area contributed by atoms with E-state index >= 15 is 0 Å². The Morgan fingerprint density at radius 1 is 0.637 bits per heavy atom. The molecule has 80 heavy (non-hydrogen) atoms. The van der Waals surface area contributed by atoms with Crippen molar-refractivity contribution in [1.29, 1.82) is 0 Å². The summed E-state index contributed by atoms with van der Waals surface area (Å²) < 4.78 is 32.8. The van der Waals surface area contributed by atoms with E-state index in [1.807, 2.05) is 0 Å². The lowest BCUT2D eigenvalue weighted by Gasteiger charge is -2.27. The van der Waals surface area contributed by atoms with Gasteiger partial charge in [-0.3, -0.25) is 43.0 Å². The molecule has 2 aliphatic rings. The van der Waals surface area contributed by atoms with Gasteiger partial charge in [0.1, 0.15) is 83.0 Å². The van der Waals surface area contributed by atoms with E-state index in [0.717, 1.165) is 11.1 Å². The number of carbonyl (C=O) groups is 6. The molecule has 8 heterocycles.